The lowest BCUT2D eigenvalue weighted by atomic mass is 9.71. The minimum absolute atomic E-state index is 0.0339. The number of carbonyl (C=O) groups excluding carboxylic acids is 1. The quantitative estimate of drug-likeness (QED) is 0.868. The fourth-order valence-corrected chi connectivity index (χ4v) is 4.45. The number of hydrogen-bond acceptors (Lipinski definition) is 4. The average molecular weight is 361 g/mol. The van der Waals surface area contributed by atoms with Crippen molar-refractivity contribution in [2.45, 2.75) is 59.4 Å². The topological polar surface area (TPSA) is 62.2 Å². The van der Waals surface area contributed by atoms with E-state index in [-0.39, 0.29) is 18.6 Å². The molecule has 0 saturated carbocycles. The summed E-state index contributed by atoms with van der Waals surface area (Å²) in [7, 11) is 0. The second-order valence-electron chi connectivity index (χ2n) is 8.17. The molecule has 136 valence electrons. The molecule has 0 saturated heterocycles. The molecule has 5 heteroatoms. The predicted octanol–water partition coefficient (Wildman–Crippen LogP) is 3.95. The van der Waals surface area contributed by atoms with E-state index in [2.05, 4.69) is 32.2 Å². The smallest absolute Gasteiger partial charge is 0.261 e. The monoisotopic (exact) mass is 360 g/mol. The van der Waals surface area contributed by atoms with Crippen LogP contribution < -0.4 is 5.32 Å². The molecule has 1 aliphatic carbocycles. The number of carbonyl (C=O) groups is 1. The molecule has 0 radical (unpaired) electrons. The Balaban J connectivity index is 1.86. The molecule has 0 spiro atoms. The Labute approximate surface area is 153 Å². The largest absolute Gasteiger partial charge is 0.394 e. The van der Waals surface area contributed by atoms with Crippen molar-refractivity contribution in [3.8, 4) is 0 Å². The molecule has 1 unspecified atom stereocenters. The van der Waals surface area contributed by atoms with Gasteiger partial charge in [-0.2, -0.15) is 0 Å². The predicted molar refractivity (Wildman–Crippen MR) is 103 cm³/mol. The molecule has 0 aliphatic heterocycles. The number of aromatic nitrogens is 1. The Kier molecular flexibility index (Phi) is 5.16. The maximum absolute atomic E-state index is 12.4. The highest BCUT2D eigenvalue weighted by Gasteiger charge is 2.29. The molecule has 1 aliphatic rings. The van der Waals surface area contributed by atoms with Gasteiger partial charge in [0.1, 0.15) is 4.83 Å². The summed E-state index contributed by atoms with van der Waals surface area (Å²) < 4.78 is 0. The number of rotatable bonds is 4. The summed E-state index contributed by atoms with van der Waals surface area (Å²) in [5.74, 6) is 0.560. The fourth-order valence-electron chi connectivity index (χ4n) is 3.51. The van der Waals surface area contributed by atoms with Gasteiger partial charge >= 0.3 is 0 Å². The third-order valence-corrected chi connectivity index (χ3v) is 6.41. The number of nitrogens with one attached hydrogen (secondary N) is 1. The molecule has 2 aromatic heterocycles. The van der Waals surface area contributed by atoms with E-state index >= 15 is 0 Å². The number of pyridine rings is 1. The molecular weight excluding hydrogens is 332 g/mol. The molecule has 0 fully saturated rings. The van der Waals surface area contributed by atoms with Gasteiger partial charge in [-0.25, -0.2) is 4.98 Å². The highest BCUT2D eigenvalue weighted by molar-refractivity contribution is 7.20. The van der Waals surface area contributed by atoms with E-state index in [1.165, 1.54) is 29.0 Å². The summed E-state index contributed by atoms with van der Waals surface area (Å²) in [5, 5.41) is 13.2. The van der Waals surface area contributed by atoms with Crippen LogP contribution in [-0.2, 0) is 12.8 Å². The lowest BCUT2D eigenvalue weighted by Gasteiger charge is -2.34. The second-order valence-corrected chi connectivity index (χ2v) is 9.20. The molecule has 2 atom stereocenters. The van der Waals surface area contributed by atoms with Crippen molar-refractivity contribution in [2.75, 3.05) is 6.61 Å². The number of fused-ring (bicyclic) bond motifs is 2. The number of aliphatic hydroxyl groups excluding tert-OH is 1. The minimum atomic E-state index is -0.188. The highest BCUT2D eigenvalue weighted by Crippen LogP contribution is 2.38. The van der Waals surface area contributed by atoms with Gasteiger partial charge in [0.15, 0.2) is 0 Å². The van der Waals surface area contributed by atoms with Crippen LogP contribution in [0.4, 0.5) is 0 Å². The summed E-state index contributed by atoms with van der Waals surface area (Å²) in [6.45, 7) is 8.86. The molecule has 2 N–H and O–H groups in total. The van der Waals surface area contributed by atoms with E-state index in [1.807, 2.05) is 13.0 Å². The van der Waals surface area contributed by atoms with Gasteiger partial charge in [0.05, 0.1) is 17.5 Å². The van der Waals surface area contributed by atoms with Gasteiger partial charge in [0.2, 0.25) is 0 Å². The van der Waals surface area contributed by atoms with Crippen LogP contribution in [0.15, 0.2) is 12.1 Å². The summed E-state index contributed by atoms with van der Waals surface area (Å²) >= 11 is 1.44. The van der Waals surface area contributed by atoms with E-state index in [9.17, 15) is 9.90 Å². The van der Waals surface area contributed by atoms with Gasteiger partial charge in [0.25, 0.3) is 5.91 Å². The van der Waals surface area contributed by atoms with Crippen LogP contribution in [0, 0.1) is 11.3 Å². The van der Waals surface area contributed by atoms with Crippen LogP contribution in [0.1, 0.15) is 61.5 Å². The normalized spacial score (nSPS) is 18.8. The molecule has 2 heterocycles. The third-order valence-electron chi connectivity index (χ3n) is 5.37. The van der Waals surface area contributed by atoms with Crippen LogP contribution in [-0.4, -0.2) is 28.6 Å². The van der Waals surface area contributed by atoms with Crippen LogP contribution in [0.25, 0.3) is 10.2 Å². The molecule has 3 rings (SSSR count). The zero-order chi connectivity index (χ0) is 18.2. The Morgan fingerprint density at radius 3 is 2.84 bits per heavy atom. The lowest BCUT2D eigenvalue weighted by molar-refractivity contribution is 0.0919. The van der Waals surface area contributed by atoms with Crippen molar-refractivity contribution in [1.29, 1.82) is 0 Å². The molecule has 2 aromatic rings. The van der Waals surface area contributed by atoms with Crippen molar-refractivity contribution < 1.29 is 9.90 Å². The SMILES string of the molecule is CC[C@@H](CO)NC(=O)c1cc2cc3c(nc2s1)CCC(C(C)(C)C)C3. The standard InChI is InChI=1S/C20H28N2O2S/c1-5-15(11-23)21-18(24)17-10-13-8-12-9-14(20(2,3)4)6-7-16(12)22-19(13)25-17/h8,10,14-15,23H,5-7,9,11H2,1-4H3,(H,21,24)/t14?,15-/m0/s1. The summed E-state index contributed by atoms with van der Waals surface area (Å²) in [6.07, 6.45) is 3.99. The molecule has 0 bridgehead atoms. The molecule has 4 nitrogen and oxygen atoms in total. The number of hydrogen-bond donors (Lipinski definition) is 2. The zero-order valence-electron chi connectivity index (χ0n) is 15.6. The third kappa shape index (κ3) is 3.87. The molecule has 0 aromatic carbocycles. The Bertz CT molecular complexity index is 772. The van der Waals surface area contributed by atoms with E-state index in [0.717, 1.165) is 23.1 Å². The number of aryl methyl sites for hydroxylation is 1. The van der Waals surface area contributed by atoms with Gasteiger partial charge in [-0.05, 0) is 54.7 Å². The first kappa shape index (κ1) is 18.3. The van der Waals surface area contributed by atoms with Crippen molar-refractivity contribution in [3.05, 3.63) is 28.3 Å². The lowest BCUT2D eigenvalue weighted by Crippen LogP contribution is -2.36. The van der Waals surface area contributed by atoms with Crippen molar-refractivity contribution in [1.82, 2.24) is 10.3 Å². The number of amides is 1. The zero-order valence-corrected chi connectivity index (χ0v) is 16.4. The fraction of sp³-hybridized carbons (Fsp3) is 0.600. The summed E-state index contributed by atoms with van der Waals surface area (Å²) in [6, 6.07) is 3.98. The van der Waals surface area contributed by atoms with Crippen molar-refractivity contribution in [2.24, 2.45) is 11.3 Å². The maximum Gasteiger partial charge on any atom is 0.261 e. The van der Waals surface area contributed by atoms with Crippen LogP contribution in [0.3, 0.4) is 0 Å². The first-order valence-corrected chi connectivity index (χ1v) is 9.97. The average Bonchev–Trinajstić information content (AvgIpc) is 2.98. The highest BCUT2D eigenvalue weighted by atomic mass is 32.1. The Morgan fingerprint density at radius 1 is 1.44 bits per heavy atom. The summed E-state index contributed by atoms with van der Waals surface area (Å²) in [5.41, 5.74) is 2.85. The van der Waals surface area contributed by atoms with Gasteiger partial charge in [-0.3, -0.25) is 4.79 Å². The maximum atomic E-state index is 12.4. The molecular formula is C20H28N2O2S. The Morgan fingerprint density at radius 2 is 2.20 bits per heavy atom. The molecule has 25 heavy (non-hydrogen) atoms. The Hall–Kier alpha value is -1.46. The number of aliphatic hydroxyl groups is 1. The first-order valence-electron chi connectivity index (χ1n) is 9.16. The van der Waals surface area contributed by atoms with Crippen LogP contribution in [0.5, 0.6) is 0 Å². The van der Waals surface area contributed by atoms with Gasteiger partial charge in [-0.1, -0.05) is 27.7 Å². The number of thiophene rings is 1. The van der Waals surface area contributed by atoms with Crippen LogP contribution >= 0.6 is 11.3 Å². The van der Waals surface area contributed by atoms with Crippen molar-refractivity contribution >= 4 is 27.5 Å². The van der Waals surface area contributed by atoms with E-state index in [4.69, 9.17) is 4.98 Å². The van der Waals surface area contributed by atoms with E-state index in [0.29, 0.717) is 22.6 Å². The van der Waals surface area contributed by atoms with Gasteiger partial charge in [-0.15, -0.1) is 11.3 Å². The van der Waals surface area contributed by atoms with E-state index in [1.54, 1.807) is 0 Å². The van der Waals surface area contributed by atoms with Crippen LogP contribution in [0.2, 0.25) is 0 Å². The summed E-state index contributed by atoms with van der Waals surface area (Å²) in [4.78, 5) is 18.9. The van der Waals surface area contributed by atoms with Crippen molar-refractivity contribution in [3.63, 3.8) is 0 Å². The first-order chi connectivity index (χ1) is 11.8. The van der Waals surface area contributed by atoms with Gasteiger partial charge < -0.3 is 10.4 Å². The van der Waals surface area contributed by atoms with Gasteiger partial charge in [0, 0.05) is 11.1 Å². The molecule has 1 amide bonds. The number of nitrogens with zero attached hydrogens (tertiary/aromatic N) is 1. The minimum Gasteiger partial charge on any atom is -0.394 e. The second kappa shape index (κ2) is 7.04. The van der Waals surface area contributed by atoms with E-state index < -0.39 is 0 Å².